The molecule has 0 bridgehead atoms. The van der Waals surface area contributed by atoms with Gasteiger partial charge in [0.1, 0.15) is 19.1 Å². The molecule has 0 saturated heterocycles. The molecule has 0 aromatic heterocycles. The lowest BCUT2D eigenvalue weighted by Gasteiger charge is -2.30. The molecule has 0 fully saturated rings. The molecule has 0 saturated carbocycles. The summed E-state index contributed by atoms with van der Waals surface area (Å²) in [4.78, 5) is 10.5. The van der Waals surface area contributed by atoms with Crippen molar-refractivity contribution < 1.29 is 18.8 Å². The van der Waals surface area contributed by atoms with Crippen LogP contribution in [0.1, 0.15) is 6.92 Å². The topological polar surface area (TPSA) is 37.3 Å². The summed E-state index contributed by atoms with van der Waals surface area (Å²) in [5, 5.41) is 8.61. The average Bonchev–Trinajstić information content (AvgIpc) is 1.85. The minimum absolute atomic E-state index is 0.373. The number of carbonyl (C=O) groups is 1. The fraction of sp³-hybridized carbons (Fsp3) is 0.875. The lowest BCUT2D eigenvalue weighted by Crippen LogP contribution is -2.45. The highest BCUT2D eigenvalue weighted by Gasteiger charge is 2.23. The highest BCUT2D eigenvalue weighted by molar-refractivity contribution is 5.69. The SMILES string of the molecule is CC(C[N+](C)(C)CCF)C(=O)O. The number of aliphatic carboxylic acids is 1. The van der Waals surface area contributed by atoms with Gasteiger partial charge in [0, 0.05) is 0 Å². The van der Waals surface area contributed by atoms with Crippen molar-refractivity contribution in [2.75, 3.05) is 33.9 Å². The molecule has 0 amide bonds. The third kappa shape index (κ3) is 4.28. The lowest BCUT2D eigenvalue weighted by atomic mass is 10.1. The van der Waals surface area contributed by atoms with Crippen molar-refractivity contribution in [3.63, 3.8) is 0 Å². The predicted molar refractivity (Wildman–Crippen MR) is 44.6 cm³/mol. The van der Waals surface area contributed by atoms with Crippen LogP contribution >= 0.6 is 0 Å². The summed E-state index contributed by atoms with van der Waals surface area (Å²) in [6.45, 7) is 2.08. The summed E-state index contributed by atoms with van der Waals surface area (Å²) in [6, 6.07) is 0. The highest BCUT2D eigenvalue weighted by atomic mass is 19.1. The monoisotopic (exact) mass is 178 g/mol. The van der Waals surface area contributed by atoms with Gasteiger partial charge in [-0.3, -0.25) is 4.79 Å². The average molecular weight is 178 g/mol. The fourth-order valence-electron chi connectivity index (χ4n) is 1.14. The molecule has 0 aliphatic rings. The summed E-state index contributed by atoms with van der Waals surface area (Å²) in [5.74, 6) is -1.23. The van der Waals surface area contributed by atoms with Crippen LogP contribution < -0.4 is 0 Å². The second-order valence-corrected chi connectivity index (χ2v) is 3.77. The van der Waals surface area contributed by atoms with Crippen LogP contribution in [0.15, 0.2) is 0 Å². The van der Waals surface area contributed by atoms with E-state index < -0.39 is 18.6 Å². The normalized spacial score (nSPS) is 14.3. The van der Waals surface area contributed by atoms with Gasteiger partial charge in [-0.15, -0.1) is 0 Å². The first kappa shape index (κ1) is 11.4. The summed E-state index contributed by atoms with van der Waals surface area (Å²) in [7, 11) is 3.66. The molecule has 0 aromatic rings. The van der Waals surface area contributed by atoms with Crippen molar-refractivity contribution in [2.45, 2.75) is 6.92 Å². The Kier molecular flexibility index (Phi) is 4.17. The molecule has 0 aliphatic heterocycles. The number of carboxylic acids is 1. The van der Waals surface area contributed by atoms with Gasteiger partial charge in [-0.25, -0.2) is 4.39 Å². The summed E-state index contributed by atoms with van der Waals surface area (Å²) in [5.41, 5.74) is 0. The molecule has 72 valence electrons. The Balaban J connectivity index is 3.95. The zero-order valence-electron chi connectivity index (χ0n) is 7.88. The van der Waals surface area contributed by atoms with Gasteiger partial charge >= 0.3 is 5.97 Å². The molecular formula is C8H17FNO2+. The Morgan fingerprint density at radius 2 is 2.08 bits per heavy atom. The van der Waals surface area contributed by atoms with Crippen LogP contribution in [0.2, 0.25) is 0 Å². The van der Waals surface area contributed by atoms with Gasteiger partial charge in [0.05, 0.1) is 20.6 Å². The number of hydrogen-bond donors (Lipinski definition) is 1. The molecule has 4 heteroatoms. The van der Waals surface area contributed by atoms with E-state index in [0.29, 0.717) is 17.6 Å². The van der Waals surface area contributed by atoms with Gasteiger partial charge < -0.3 is 9.59 Å². The first-order valence-corrected chi connectivity index (χ1v) is 4.00. The van der Waals surface area contributed by atoms with E-state index in [9.17, 15) is 9.18 Å². The van der Waals surface area contributed by atoms with Crippen LogP contribution in [-0.2, 0) is 4.79 Å². The van der Waals surface area contributed by atoms with Crippen LogP contribution in [0.25, 0.3) is 0 Å². The van der Waals surface area contributed by atoms with E-state index in [1.807, 2.05) is 14.1 Å². The molecule has 0 aromatic carbocycles. The number of rotatable bonds is 5. The number of quaternary nitrogens is 1. The van der Waals surface area contributed by atoms with Crippen LogP contribution in [0.4, 0.5) is 4.39 Å². The minimum Gasteiger partial charge on any atom is -0.481 e. The summed E-state index contributed by atoms with van der Waals surface area (Å²) < 4.78 is 12.4. The van der Waals surface area contributed by atoms with E-state index >= 15 is 0 Å². The predicted octanol–water partition coefficient (Wildman–Crippen LogP) is 0.753. The van der Waals surface area contributed by atoms with Crippen LogP contribution in [0, 0.1) is 5.92 Å². The lowest BCUT2D eigenvalue weighted by molar-refractivity contribution is -0.892. The van der Waals surface area contributed by atoms with Gasteiger partial charge in [-0.1, -0.05) is 0 Å². The maximum Gasteiger partial charge on any atom is 0.311 e. The zero-order valence-corrected chi connectivity index (χ0v) is 7.88. The van der Waals surface area contributed by atoms with E-state index in [2.05, 4.69) is 0 Å². The van der Waals surface area contributed by atoms with Gasteiger partial charge in [-0.2, -0.15) is 0 Å². The number of halogens is 1. The summed E-state index contributed by atoms with van der Waals surface area (Å²) >= 11 is 0. The number of carboxylic acid groups (broad SMARTS) is 1. The maximum absolute atomic E-state index is 12.0. The van der Waals surface area contributed by atoms with E-state index in [1.165, 1.54) is 0 Å². The van der Waals surface area contributed by atoms with E-state index in [4.69, 9.17) is 5.11 Å². The van der Waals surface area contributed by atoms with Crippen molar-refractivity contribution in [2.24, 2.45) is 5.92 Å². The van der Waals surface area contributed by atoms with Gasteiger partial charge in [0.15, 0.2) is 0 Å². The Hall–Kier alpha value is -0.640. The minimum atomic E-state index is -0.819. The number of alkyl halides is 1. The van der Waals surface area contributed by atoms with Gasteiger partial charge in [0.25, 0.3) is 0 Å². The molecule has 0 rings (SSSR count). The molecule has 1 unspecified atom stereocenters. The van der Waals surface area contributed by atoms with Gasteiger partial charge in [0.2, 0.25) is 0 Å². The van der Waals surface area contributed by atoms with Crippen LogP contribution in [-0.4, -0.2) is 49.4 Å². The number of hydrogen-bond acceptors (Lipinski definition) is 1. The van der Waals surface area contributed by atoms with Crippen molar-refractivity contribution >= 4 is 5.97 Å². The quantitative estimate of drug-likeness (QED) is 0.631. The van der Waals surface area contributed by atoms with E-state index in [-0.39, 0.29) is 0 Å². The van der Waals surface area contributed by atoms with Crippen molar-refractivity contribution in [1.82, 2.24) is 0 Å². The van der Waals surface area contributed by atoms with Gasteiger partial charge in [-0.05, 0) is 6.92 Å². The first-order chi connectivity index (χ1) is 5.39. The Labute approximate surface area is 72.4 Å². The molecule has 0 heterocycles. The molecule has 3 nitrogen and oxygen atoms in total. The van der Waals surface area contributed by atoms with Crippen LogP contribution in [0.3, 0.4) is 0 Å². The largest absolute Gasteiger partial charge is 0.481 e. The zero-order chi connectivity index (χ0) is 9.78. The Morgan fingerprint density at radius 3 is 2.42 bits per heavy atom. The van der Waals surface area contributed by atoms with Crippen molar-refractivity contribution in [3.05, 3.63) is 0 Å². The van der Waals surface area contributed by atoms with Crippen LogP contribution in [0.5, 0.6) is 0 Å². The van der Waals surface area contributed by atoms with Crippen molar-refractivity contribution in [3.8, 4) is 0 Å². The molecule has 1 atom stereocenters. The second kappa shape index (κ2) is 4.40. The fourth-order valence-corrected chi connectivity index (χ4v) is 1.14. The standard InChI is InChI=1S/C8H16FNO2/c1-7(8(11)12)6-10(2,3)5-4-9/h7H,4-6H2,1-3H3/p+1. The smallest absolute Gasteiger partial charge is 0.311 e. The molecule has 0 radical (unpaired) electrons. The highest BCUT2D eigenvalue weighted by Crippen LogP contribution is 2.05. The second-order valence-electron chi connectivity index (χ2n) is 3.77. The third-order valence-corrected chi connectivity index (χ3v) is 1.88. The van der Waals surface area contributed by atoms with Crippen molar-refractivity contribution in [1.29, 1.82) is 0 Å². The number of nitrogens with zero attached hydrogens (tertiary/aromatic N) is 1. The summed E-state index contributed by atoms with van der Waals surface area (Å²) in [6.07, 6.45) is 0. The van der Waals surface area contributed by atoms with E-state index in [0.717, 1.165) is 0 Å². The molecule has 0 spiro atoms. The first-order valence-electron chi connectivity index (χ1n) is 4.00. The molecular weight excluding hydrogens is 161 g/mol. The third-order valence-electron chi connectivity index (χ3n) is 1.88. The Bertz CT molecular complexity index is 159. The Morgan fingerprint density at radius 1 is 1.58 bits per heavy atom. The van der Waals surface area contributed by atoms with E-state index in [1.54, 1.807) is 6.92 Å². The maximum atomic E-state index is 12.0. The molecule has 0 aliphatic carbocycles. The molecule has 12 heavy (non-hydrogen) atoms. The molecule has 1 N–H and O–H groups in total.